The number of aromatic nitrogens is 1. The first-order valence-electron chi connectivity index (χ1n) is 10.0. The molecular weight excluding hydrogens is 392 g/mol. The first-order valence-corrected chi connectivity index (χ1v) is 10.0. The van der Waals surface area contributed by atoms with E-state index in [9.17, 15) is 14.4 Å². The third-order valence-electron chi connectivity index (χ3n) is 5.18. The van der Waals surface area contributed by atoms with Crippen LogP contribution in [0.3, 0.4) is 0 Å². The summed E-state index contributed by atoms with van der Waals surface area (Å²) in [6, 6.07) is 16.9. The normalized spacial score (nSPS) is 16.8. The Labute approximate surface area is 179 Å². The maximum Gasteiger partial charge on any atom is 0.255 e. The highest BCUT2D eigenvalue weighted by atomic mass is 16.2. The lowest BCUT2D eigenvalue weighted by molar-refractivity contribution is -0.117. The Morgan fingerprint density at radius 3 is 1.87 bits per heavy atom. The number of nitrogens with zero attached hydrogens (tertiary/aromatic N) is 1. The van der Waals surface area contributed by atoms with Crippen molar-refractivity contribution in [3.63, 3.8) is 0 Å². The molecule has 2 aromatic carbocycles. The summed E-state index contributed by atoms with van der Waals surface area (Å²) in [6.45, 7) is 2.05. The van der Waals surface area contributed by atoms with Crippen molar-refractivity contribution in [2.24, 2.45) is 11.8 Å². The van der Waals surface area contributed by atoms with Gasteiger partial charge in [-0.2, -0.15) is 0 Å². The van der Waals surface area contributed by atoms with Crippen LogP contribution in [0, 0.1) is 11.8 Å². The van der Waals surface area contributed by atoms with Crippen molar-refractivity contribution in [2.75, 3.05) is 16.0 Å². The number of amides is 3. The van der Waals surface area contributed by atoms with Gasteiger partial charge in [0.1, 0.15) is 0 Å². The number of hydrogen-bond acceptors (Lipinski definition) is 4. The van der Waals surface area contributed by atoms with Gasteiger partial charge >= 0.3 is 0 Å². The fraction of sp³-hybridized carbons (Fsp3) is 0.167. The third kappa shape index (κ3) is 5.14. The molecular formula is C24H22N4O3. The van der Waals surface area contributed by atoms with E-state index in [1.54, 1.807) is 73.1 Å². The number of anilines is 3. The topological polar surface area (TPSA) is 100 Å². The maximum atomic E-state index is 12.6. The molecule has 1 heterocycles. The van der Waals surface area contributed by atoms with Crippen LogP contribution in [0.15, 0.2) is 73.1 Å². The lowest BCUT2D eigenvalue weighted by Crippen LogP contribution is -2.15. The Morgan fingerprint density at radius 1 is 0.774 bits per heavy atom. The molecule has 1 fully saturated rings. The fourth-order valence-electron chi connectivity index (χ4n) is 3.21. The monoisotopic (exact) mass is 414 g/mol. The van der Waals surface area contributed by atoms with Gasteiger partial charge < -0.3 is 16.0 Å². The predicted molar refractivity (Wildman–Crippen MR) is 119 cm³/mol. The van der Waals surface area contributed by atoms with Gasteiger partial charge in [-0.05, 0) is 66.9 Å². The van der Waals surface area contributed by atoms with Crippen LogP contribution in [0.5, 0.6) is 0 Å². The second-order valence-corrected chi connectivity index (χ2v) is 7.61. The summed E-state index contributed by atoms with van der Waals surface area (Å²) in [7, 11) is 0. The molecule has 31 heavy (non-hydrogen) atoms. The van der Waals surface area contributed by atoms with Gasteiger partial charge in [-0.1, -0.05) is 13.0 Å². The summed E-state index contributed by atoms with van der Waals surface area (Å²) in [5, 5.41) is 8.49. The van der Waals surface area contributed by atoms with E-state index in [2.05, 4.69) is 27.9 Å². The molecule has 2 atom stereocenters. The summed E-state index contributed by atoms with van der Waals surface area (Å²) in [4.78, 5) is 40.8. The van der Waals surface area contributed by atoms with Gasteiger partial charge in [-0.15, -0.1) is 0 Å². The first kappa shape index (κ1) is 20.3. The number of hydrogen-bond donors (Lipinski definition) is 3. The Kier molecular flexibility index (Phi) is 5.75. The summed E-state index contributed by atoms with van der Waals surface area (Å²) in [5.41, 5.74) is 2.74. The minimum atomic E-state index is -0.286. The average Bonchev–Trinajstić information content (AvgIpc) is 3.52. The second kappa shape index (κ2) is 8.79. The first-order chi connectivity index (χ1) is 15.0. The second-order valence-electron chi connectivity index (χ2n) is 7.61. The molecule has 7 nitrogen and oxygen atoms in total. The van der Waals surface area contributed by atoms with Gasteiger partial charge in [0.05, 0.1) is 0 Å². The van der Waals surface area contributed by atoms with Gasteiger partial charge in [0.25, 0.3) is 11.8 Å². The van der Waals surface area contributed by atoms with E-state index < -0.39 is 0 Å². The maximum absolute atomic E-state index is 12.6. The SMILES string of the molecule is CC1CC1C(=O)Nc1ccc(C(=O)Nc2cccc(NC(=O)c3ccncc3)c2)cc1. The van der Waals surface area contributed by atoms with Gasteiger partial charge in [0.15, 0.2) is 0 Å². The molecule has 0 bridgehead atoms. The van der Waals surface area contributed by atoms with Crippen molar-refractivity contribution in [3.8, 4) is 0 Å². The number of carbonyl (C=O) groups excluding carboxylic acids is 3. The van der Waals surface area contributed by atoms with Gasteiger partial charge in [-0.3, -0.25) is 19.4 Å². The molecule has 3 aromatic rings. The zero-order chi connectivity index (χ0) is 21.8. The molecule has 0 aliphatic heterocycles. The Bertz CT molecular complexity index is 1110. The van der Waals surface area contributed by atoms with E-state index in [0.717, 1.165) is 6.42 Å². The van der Waals surface area contributed by atoms with E-state index >= 15 is 0 Å². The number of rotatable bonds is 6. The third-order valence-corrected chi connectivity index (χ3v) is 5.18. The van der Waals surface area contributed by atoms with Crippen LogP contribution in [-0.4, -0.2) is 22.7 Å². The Morgan fingerprint density at radius 2 is 1.32 bits per heavy atom. The summed E-state index contributed by atoms with van der Waals surface area (Å²) in [5.74, 6) is 0.00957. The summed E-state index contributed by atoms with van der Waals surface area (Å²) in [6.07, 6.45) is 4.03. The highest BCUT2D eigenvalue weighted by Gasteiger charge is 2.39. The zero-order valence-corrected chi connectivity index (χ0v) is 17.0. The van der Waals surface area contributed by atoms with Crippen LogP contribution >= 0.6 is 0 Å². The van der Waals surface area contributed by atoms with E-state index in [0.29, 0.717) is 34.1 Å². The summed E-state index contributed by atoms with van der Waals surface area (Å²) >= 11 is 0. The van der Waals surface area contributed by atoms with Crippen molar-refractivity contribution in [1.82, 2.24) is 4.98 Å². The van der Waals surface area contributed by atoms with Crippen molar-refractivity contribution in [1.29, 1.82) is 0 Å². The van der Waals surface area contributed by atoms with Crippen LogP contribution in [0.4, 0.5) is 17.1 Å². The molecule has 4 rings (SSSR count). The number of benzene rings is 2. The molecule has 3 N–H and O–H groups in total. The highest BCUT2D eigenvalue weighted by Crippen LogP contribution is 2.38. The smallest absolute Gasteiger partial charge is 0.255 e. The van der Waals surface area contributed by atoms with Crippen molar-refractivity contribution in [3.05, 3.63) is 84.2 Å². The number of nitrogens with one attached hydrogen (secondary N) is 3. The fourth-order valence-corrected chi connectivity index (χ4v) is 3.21. The molecule has 1 aromatic heterocycles. The van der Waals surface area contributed by atoms with E-state index in [-0.39, 0.29) is 23.6 Å². The molecule has 7 heteroatoms. The van der Waals surface area contributed by atoms with Crippen molar-refractivity contribution < 1.29 is 14.4 Å². The van der Waals surface area contributed by atoms with Crippen LogP contribution in [0.1, 0.15) is 34.1 Å². The molecule has 0 saturated heterocycles. The minimum absolute atomic E-state index is 0.0235. The predicted octanol–water partition coefficient (Wildman–Crippen LogP) is 4.18. The molecule has 1 saturated carbocycles. The van der Waals surface area contributed by atoms with Crippen molar-refractivity contribution in [2.45, 2.75) is 13.3 Å². The van der Waals surface area contributed by atoms with Crippen LogP contribution < -0.4 is 16.0 Å². The Hall–Kier alpha value is -4.00. The van der Waals surface area contributed by atoms with Gasteiger partial charge in [0, 0.05) is 46.5 Å². The quantitative estimate of drug-likeness (QED) is 0.563. The molecule has 1 aliphatic carbocycles. The van der Waals surface area contributed by atoms with E-state index in [1.807, 2.05) is 0 Å². The molecule has 0 spiro atoms. The largest absolute Gasteiger partial charge is 0.326 e. The standard InChI is InChI=1S/C24H22N4O3/c1-15-13-21(15)24(31)26-18-7-5-16(6-8-18)22(29)27-19-3-2-4-20(14-19)28-23(30)17-9-11-25-12-10-17/h2-12,14-15,21H,13H2,1H3,(H,26,31)(H,27,29)(H,28,30). The zero-order valence-electron chi connectivity index (χ0n) is 17.0. The average molecular weight is 414 g/mol. The van der Waals surface area contributed by atoms with E-state index in [4.69, 9.17) is 0 Å². The van der Waals surface area contributed by atoms with Gasteiger partial charge in [-0.25, -0.2) is 0 Å². The minimum Gasteiger partial charge on any atom is -0.326 e. The van der Waals surface area contributed by atoms with E-state index in [1.165, 1.54) is 0 Å². The van der Waals surface area contributed by atoms with Gasteiger partial charge in [0.2, 0.25) is 5.91 Å². The number of pyridine rings is 1. The number of carbonyl (C=O) groups is 3. The molecule has 2 unspecified atom stereocenters. The van der Waals surface area contributed by atoms with Crippen LogP contribution in [0.2, 0.25) is 0 Å². The lowest BCUT2D eigenvalue weighted by Gasteiger charge is -2.10. The van der Waals surface area contributed by atoms with Crippen LogP contribution in [-0.2, 0) is 4.79 Å². The molecule has 1 aliphatic rings. The van der Waals surface area contributed by atoms with Crippen LogP contribution in [0.25, 0.3) is 0 Å². The molecule has 0 radical (unpaired) electrons. The molecule has 3 amide bonds. The lowest BCUT2D eigenvalue weighted by atomic mass is 10.1. The highest BCUT2D eigenvalue weighted by molar-refractivity contribution is 6.06. The van der Waals surface area contributed by atoms with Crippen molar-refractivity contribution >= 4 is 34.8 Å². The Balaban J connectivity index is 1.36. The summed E-state index contributed by atoms with van der Waals surface area (Å²) < 4.78 is 0. The molecule has 156 valence electrons.